The first-order valence-corrected chi connectivity index (χ1v) is 20.2. The van der Waals surface area contributed by atoms with E-state index in [0.717, 1.165) is 45.5 Å². The SMILES string of the molecule is COc1cc2c(CC(=O)NC(C)C(=O)OC(=O)C(C)(C)NC(=O)Cc3c(C)n(C(=O)c4ccc(C(F)(F)F)cc4)c4cc(F)c(OC)cc34)c(C)n(C(=O)c3ccc(C(F)(F)F)cc3)c2cc1F. The van der Waals surface area contributed by atoms with Gasteiger partial charge in [-0.25, -0.2) is 18.4 Å². The average molecular weight is 957 g/mol. The van der Waals surface area contributed by atoms with Crippen molar-refractivity contribution in [2.75, 3.05) is 14.2 Å². The van der Waals surface area contributed by atoms with Gasteiger partial charge >= 0.3 is 24.3 Å². The minimum absolute atomic E-state index is 0.0444. The summed E-state index contributed by atoms with van der Waals surface area (Å²) < 4.78 is 127. The summed E-state index contributed by atoms with van der Waals surface area (Å²) in [5.74, 6) is -8.20. The Balaban J connectivity index is 1.16. The molecule has 21 heteroatoms. The monoisotopic (exact) mass is 956 g/mol. The van der Waals surface area contributed by atoms with Crippen LogP contribution in [0, 0.1) is 25.5 Å². The largest absolute Gasteiger partial charge is 0.494 e. The molecule has 2 heterocycles. The molecule has 0 saturated heterocycles. The zero-order valence-electron chi connectivity index (χ0n) is 37.0. The lowest BCUT2D eigenvalue weighted by atomic mass is 10.0. The highest BCUT2D eigenvalue weighted by Gasteiger charge is 2.36. The number of aromatic nitrogens is 2. The Hall–Kier alpha value is -7.58. The number of nitrogens with one attached hydrogen (secondary N) is 2. The third-order valence-corrected chi connectivity index (χ3v) is 11.1. The molecule has 1 unspecified atom stereocenters. The quantitative estimate of drug-likeness (QED) is 0.0700. The van der Waals surface area contributed by atoms with Crippen molar-refractivity contribution in [3.8, 4) is 11.5 Å². The minimum atomic E-state index is -4.68. The number of nitrogens with zero attached hydrogens (tertiary/aromatic N) is 2. The molecule has 6 aromatic rings. The van der Waals surface area contributed by atoms with E-state index >= 15 is 4.39 Å². The standard InChI is InChI=1S/C47H40F8N4O9/c1-22(56-39(60)18-29-23(2)58(35-20-33(48)37(66-6)16-31(29)35)41(62)25-8-12-27(13-9-25)46(50,51)52)43(64)68-44(65)45(4,5)57-40(61)19-30-24(3)59(36-21-34(49)38(67-7)17-32(30)36)42(63)26-10-14-28(15-11-26)47(53,54)55/h8-17,20-22H,18-19H2,1-7H3,(H,56,60)(H,57,61). The van der Waals surface area contributed by atoms with Gasteiger partial charge in [0, 0.05) is 45.4 Å². The van der Waals surface area contributed by atoms with Crippen LogP contribution < -0.4 is 20.1 Å². The van der Waals surface area contributed by atoms with Gasteiger partial charge in [-0.1, -0.05) is 0 Å². The third-order valence-electron chi connectivity index (χ3n) is 11.1. The average Bonchev–Trinajstić information content (AvgIpc) is 3.67. The Morgan fingerprint density at radius 2 is 1.00 bits per heavy atom. The summed E-state index contributed by atoms with van der Waals surface area (Å²) in [6.07, 6.45) is -10.4. The molecule has 68 heavy (non-hydrogen) atoms. The van der Waals surface area contributed by atoms with Crippen molar-refractivity contribution < 1.29 is 78.1 Å². The molecule has 358 valence electrons. The maximum atomic E-state index is 15.0. The highest BCUT2D eigenvalue weighted by molar-refractivity contribution is 6.07. The summed E-state index contributed by atoms with van der Waals surface area (Å²) in [6, 6.07) is 9.51. The highest BCUT2D eigenvalue weighted by atomic mass is 19.4. The Labute approximate surface area is 380 Å². The number of esters is 2. The van der Waals surface area contributed by atoms with Gasteiger partial charge in [0.1, 0.15) is 11.6 Å². The van der Waals surface area contributed by atoms with E-state index in [1.54, 1.807) is 0 Å². The van der Waals surface area contributed by atoms with Gasteiger partial charge in [0.15, 0.2) is 23.1 Å². The Morgan fingerprint density at radius 3 is 1.37 bits per heavy atom. The fourth-order valence-corrected chi connectivity index (χ4v) is 7.53. The van der Waals surface area contributed by atoms with Gasteiger partial charge < -0.3 is 24.8 Å². The van der Waals surface area contributed by atoms with Crippen molar-refractivity contribution in [2.24, 2.45) is 0 Å². The number of methoxy groups -OCH3 is 2. The number of alkyl halides is 6. The molecule has 0 saturated carbocycles. The normalized spacial score (nSPS) is 12.5. The van der Waals surface area contributed by atoms with Crippen LogP contribution in [0.2, 0.25) is 0 Å². The molecule has 0 aliphatic rings. The lowest BCUT2D eigenvalue weighted by Gasteiger charge is -2.24. The van der Waals surface area contributed by atoms with Crippen molar-refractivity contribution in [1.82, 2.24) is 19.8 Å². The van der Waals surface area contributed by atoms with Crippen LogP contribution in [0.4, 0.5) is 35.1 Å². The number of hydrogen-bond acceptors (Lipinski definition) is 9. The van der Waals surface area contributed by atoms with Gasteiger partial charge in [-0.3, -0.25) is 28.3 Å². The molecule has 0 bridgehead atoms. The summed E-state index contributed by atoms with van der Waals surface area (Å²) in [7, 11) is 2.36. The van der Waals surface area contributed by atoms with Crippen LogP contribution in [-0.2, 0) is 49.1 Å². The van der Waals surface area contributed by atoms with Gasteiger partial charge in [0.2, 0.25) is 11.8 Å². The first kappa shape index (κ1) is 49.8. The molecule has 1 atom stereocenters. The number of carbonyl (C=O) groups excluding carboxylic acids is 6. The maximum Gasteiger partial charge on any atom is 0.416 e. The zero-order valence-corrected chi connectivity index (χ0v) is 37.0. The molecule has 0 aliphatic heterocycles. The highest BCUT2D eigenvalue weighted by Crippen LogP contribution is 2.36. The number of hydrogen-bond donors (Lipinski definition) is 2. The fourth-order valence-electron chi connectivity index (χ4n) is 7.53. The molecule has 6 rings (SSSR count). The van der Waals surface area contributed by atoms with E-state index in [9.17, 15) is 59.5 Å². The lowest BCUT2D eigenvalue weighted by molar-refractivity contribution is -0.166. The van der Waals surface area contributed by atoms with Gasteiger partial charge in [-0.15, -0.1) is 0 Å². The number of amides is 2. The second-order valence-corrected chi connectivity index (χ2v) is 16.1. The van der Waals surface area contributed by atoms with Crippen molar-refractivity contribution in [3.63, 3.8) is 0 Å². The zero-order chi connectivity index (χ0) is 50.4. The van der Waals surface area contributed by atoms with Crippen LogP contribution >= 0.6 is 0 Å². The topological polar surface area (TPSA) is 164 Å². The Kier molecular flexibility index (Phi) is 13.6. The van der Waals surface area contributed by atoms with Crippen LogP contribution in [0.1, 0.15) is 75.1 Å². The number of fused-ring (bicyclic) bond motifs is 2. The number of benzene rings is 4. The molecule has 2 amide bonds. The summed E-state index contributed by atoms with van der Waals surface area (Å²) in [4.78, 5) is 80.8. The van der Waals surface area contributed by atoms with Crippen LogP contribution in [0.25, 0.3) is 21.8 Å². The fraction of sp³-hybridized carbons (Fsp3) is 0.277. The minimum Gasteiger partial charge on any atom is -0.494 e. The first-order chi connectivity index (χ1) is 31.7. The molecule has 0 fully saturated rings. The van der Waals surface area contributed by atoms with E-state index in [1.807, 2.05) is 0 Å². The van der Waals surface area contributed by atoms with Crippen LogP contribution in [0.15, 0.2) is 72.8 Å². The van der Waals surface area contributed by atoms with Crippen molar-refractivity contribution in [1.29, 1.82) is 0 Å². The number of carbonyl (C=O) groups is 6. The maximum absolute atomic E-state index is 15.0. The van der Waals surface area contributed by atoms with E-state index in [2.05, 4.69) is 10.6 Å². The van der Waals surface area contributed by atoms with Gasteiger partial charge in [-0.05, 0) is 106 Å². The van der Waals surface area contributed by atoms with E-state index in [1.165, 1.54) is 61.0 Å². The molecule has 0 spiro atoms. The summed E-state index contributed by atoms with van der Waals surface area (Å²) >= 11 is 0. The molecule has 0 radical (unpaired) electrons. The molecule has 2 aromatic heterocycles. The van der Waals surface area contributed by atoms with E-state index < -0.39 is 95.1 Å². The number of ether oxygens (including phenoxy) is 3. The Morgan fingerprint density at radius 1 is 0.618 bits per heavy atom. The predicted octanol–water partition coefficient (Wildman–Crippen LogP) is 8.18. The van der Waals surface area contributed by atoms with Gasteiger partial charge in [0.05, 0.1) is 49.2 Å². The van der Waals surface area contributed by atoms with Crippen molar-refractivity contribution in [3.05, 3.63) is 129 Å². The van der Waals surface area contributed by atoms with Crippen molar-refractivity contribution >= 4 is 57.4 Å². The molecule has 0 aliphatic carbocycles. The van der Waals surface area contributed by atoms with Crippen LogP contribution in [0.3, 0.4) is 0 Å². The lowest BCUT2D eigenvalue weighted by Crippen LogP contribution is -2.53. The molecular formula is C47H40F8N4O9. The second-order valence-electron chi connectivity index (χ2n) is 16.1. The summed E-state index contributed by atoms with van der Waals surface area (Å²) in [6.45, 7) is 6.42. The van der Waals surface area contributed by atoms with Crippen molar-refractivity contribution in [2.45, 2.75) is 71.4 Å². The molecular weight excluding hydrogens is 917 g/mol. The Bertz CT molecular complexity index is 3020. The smallest absolute Gasteiger partial charge is 0.416 e. The van der Waals surface area contributed by atoms with E-state index in [4.69, 9.17) is 14.2 Å². The van der Waals surface area contributed by atoms with E-state index in [0.29, 0.717) is 24.3 Å². The molecule has 2 N–H and O–H groups in total. The molecule has 4 aromatic carbocycles. The summed E-state index contributed by atoms with van der Waals surface area (Å²) in [5, 5.41) is 5.13. The van der Waals surface area contributed by atoms with Crippen LogP contribution in [0.5, 0.6) is 11.5 Å². The van der Waals surface area contributed by atoms with Gasteiger partial charge in [-0.2, -0.15) is 26.3 Å². The van der Waals surface area contributed by atoms with Gasteiger partial charge in [0.25, 0.3) is 11.8 Å². The van der Waals surface area contributed by atoms with E-state index in [-0.39, 0.29) is 66.9 Å². The molecule has 13 nitrogen and oxygen atoms in total. The first-order valence-electron chi connectivity index (χ1n) is 20.2. The predicted molar refractivity (Wildman–Crippen MR) is 227 cm³/mol. The number of halogens is 8. The third kappa shape index (κ3) is 9.91. The summed E-state index contributed by atoms with van der Waals surface area (Å²) in [5.41, 5.74) is -3.88. The second kappa shape index (κ2) is 18.6. The number of rotatable bonds is 12. The van der Waals surface area contributed by atoms with Crippen LogP contribution in [-0.4, -0.2) is 70.5 Å².